The lowest BCUT2D eigenvalue weighted by molar-refractivity contribution is -0.151. The maximum absolute atomic E-state index is 13.8. The zero-order chi connectivity index (χ0) is 29.6. The molecule has 42 heavy (non-hydrogen) atoms. The Morgan fingerprint density at radius 2 is 1.60 bits per heavy atom. The maximum Gasteiger partial charge on any atom is 0.407 e. The lowest BCUT2D eigenvalue weighted by atomic mass is 9.98. The summed E-state index contributed by atoms with van der Waals surface area (Å²) in [5, 5.41) is 14.6. The SMILES string of the molecule is CC(OCc1ccccc1)C(NC(=O)OCC1c2ccccc2-c2ccccc21)C(=O)N1CCNC(=O)C1CC(=O)O. The molecule has 3 unspecified atom stereocenters. The molecule has 3 aromatic rings. The Morgan fingerprint density at radius 1 is 0.976 bits per heavy atom. The number of carboxylic acids is 1. The van der Waals surface area contributed by atoms with Crippen LogP contribution in [-0.2, 0) is 30.5 Å². The van der Waals surface area contributed by atoms with Crippen molar-refractivity contribution in [3.63, 3.8) is 0 Å². The molecule has 3 amide bonds. The smallest absolute Gasteiger partial charge is 0.407 e. The van der Waals surface area contributed by atoms with E-state index in [1.54, 1.807) is 6.92 Å². The van der Waals surface area contributed by atoms with Gasteiger partial charge in [0.15, 0.2) is 0 Å². The van der Waals surface area contributed by atoms with E-state index in [2.05, 4.69) is 10.6 Å². The fourth-order valence-corrected chi connectivity index (χ4v) is 5.57. The molecule has 0 saturated carbocycles. The second-order valence-corrected chi connectivity index (χ2v) is 10.4. The van der Waals surface area contributed by atoms with Crippen molar-refractivity contribution in [1.82, 2.24) is 15.5 Å². The highest BCUT2D eigenvalue weighted by Crippen LogP contribution is 2.44. The van der Waals surface area contributed by atoms with Gasteiger partial charge in [0, 0.05) is 19.0 Å². The zero-order valence-corrected chi connectivity index (χ0v) is 23.2. The van der Waals surface area contributed by atoms with Crippen LogP contribution in [0.1, 0.15) is 36.0 Å². The molecule has 0 spiro atoms. The molecule has 3 aromatic carbocycles. The Hall–Kier alpha value is -4.70. The summed E-state index contributed by atoms with van der Waals surface area (Å²) in [4.78, 5) is 52.2. The molecule has 3 N–H and O–H groups in total. The van der Waals surface area contributed by atoms with Crippen molar-refractivity contribution in [2.45, 2.75) is 44.1 Å². The number of amides is 3. The van der Waals surface area contributed by atoms with Crippen LogP contribution < -0.4 is 10.6 Å². The molecule has 218 valence electrons. The van der Waals surface area contributed by atoms with Crippen LogP contribution in [0, 0.1) is 0 Å². The van der Waals surface area contributed by atoms with Crippen molar-refractivity contribution in [2.24, 2.45) is 0 Å². The first-order chi connectivity index (χ1) is 20.3. The molecule has 1 fully saturated rings. The van der Waals surface area contributed by atoms with Crippen LogP contribution in [0.25, 0.3) is 11.1 Å². The zero-order valence-electron chi connectivity index (χ0n) is 23.2. The second-order valence-electron chi connectivity index (χ2n) is 10.4. The van der Waals surface area contributed by atoms with E-state index in [1.807, 2.05) is 78.9 Å². The number of nitrogens with zero attached hydrogens (tertiary/aromatic N) is 1. The normalized spacial score (nSPS) is 17.4. The summed E-state index contributed by atoms with van der Waals surface area (Å²) < 4.78 is 11.7. The first-order valence-corrected chi connectivity index (χ1v) is 13.9. The van der Waals surface area contributed by atoms with Crippen LogP contribution in [0.15, 0.2) is 78.9 Å². The quantitative estimate of drug-likeness (QED) is 0.340. The molecule has 5 rings (SSSR count). The summed E-state index contributed by atoms with van der Waals surface area (Å²) in [5.74, 6) is -2.57. The van der Waals surface area contributed by atoms with Crippen molar-refractivity contribution in [2.75, 3.05) is 19.7 Å². The highest BCUT2D eigenvalue weighted by molar-refractivity contribution is 5.94. The van der Waals surface area contributed by atoms with Crippen molar-refractivity contribution in [3.05, 3.63) is 95.6 Å². The third-order valence-corrected chi connectivity index (χ3v) is 7.69. The van der Waals surface area contributed by atoms with E-state index in [4.69, 9.17) is 9.47 Å². The highest BCUT2D eigenvalue weighted by atomic mass is 16.5. The van der Waals surface area contributed by atoms with Crippen LogP contribution in [-0.4, -0.2) is 71.8 Å². The Kier molecular flexibility index (Phi) is 8.83. The van der Waals surface area contributed by atoms with Crippen LogP contribution in [0.4, 0.5) is 4.79 Å². The number of benzene rings is 3. The van der Waals surface area contributed by atoms with Crippen LogP contribution in [0.5, 0.6) is 0 Å². The minimum absolute atomic E-state index is 0.0494. The van der Waals surface area contributed by atoms with Gasteiger partial charge in [-0.15, -0.1) is 0 Å². The van der Waals surface area contributed by atoms with E-state index in [-0.39, 0.29) is 32.2 Å². The van der Waals surface area contributed by atoms with E-state index in [0.717, 1.165) is 27.8 Å². The van der Waals surface area contributed by atoms with E-state index in [9.17, 15) is 24.3 Å². The molecule has 0 aromatic heterocycles. The van der Waals surface area contributed by atoms with Crippen molar-refractivity contribution in [1.29, 1.82) is 0 Å². The minimum Gasteiger partial charge on any atom is -0.481 e. The molecule has 0 bridgehead atoms. The number of piperazine rings is 1. The molecule has 1 aliphatic carbocycles. The van der Waals surface area contributed by atoms with Crippen LogP contribution in [0.3, 0.4) is 0 Å². The van der Waals surface area contributed by atoms with Gasteiger partial charge in [-0.3, -0.25) is 14.4 Å². The largest absolute Gasteiger partial charge is 0.481 e. The number of rotatable bonds is 10. The molecule has 2 aliphatic rings. The number of carboxylic acid groups (broad SMARTS) is 1. The van der Waals surface area contributed by atoms with Crippen molar-refractivity contribution >= 4 is 23.9 Å². The molecule has 3 atom stereocenters. The van der Waals surface area contributed by atoms with Gasteiger partial charge < -0.3 is 30.1 Å². The molecule has 10 heteroatoms. The van der Waals surface area contributed by atoms with Crippen molar-refractivity contribution in [3.8, 4) is 11.1 Å². The monoisotopic (exact) mass is 571 g/mol. The van der Waals surface area contributed by atoms with Gasteiger partial charge in [-0.1, -0.05) is 78.9 Å². The number of alkyl carbamates (subject to hydrolysis) is 1. The number of fused-ring (bicyclic) bond motifs is 3. The van der Waals surface area contributed by atoms with E-state index >= 15 is 0 Å². The molecular formula is C32H33N3O7. The average Bonchev–Trinajstić information content (AvgIpc) is 3.32. The third-order valence-electron chi connectivity index (χ3n) is 7.69. The number of ether oxygens (including phenoxy) is 2. The Morgan fingerprint density at radius 3 is 2.24 bits per heavy atom. The number of carbonyl (C=O) groups excluding carboxylic acids is 3. The van der Waals surface area contributed by atoms with Gasteiger partial charge in [0.05, 0.1) is 19.1 Å². The van der Waals surface area contributed by atoms with Gasteiger partial charge >= 0.3 is 12.1 Å². The Bertz CT molecular complexity index is 1420. The lowest BCUT2D eigenvalue weighted by Gasteiger charge is -2.37. The van der Waals surface area contributed by atoms with E-state index < -0.39 is 48.5 Å². The molecule has 1 saturated heterocycles. The fourth-order valence-electron chi connectivity index (χ4n) is 5.57. The first-order valence-electron chi connectivity index (χ1n) is 13.9. The van der Waals surface area contributed by atoms with E-state index in [0.29, 0.717) is 0 Å². The fraction of sp³-hybridized carbons (Fsp3) is 0.312. The lowest BCUT2D eigenvalue weighted by Crippen LogP contribution is -2.63. The molecule has 1 aliphatic heterocycles. The summed E-state index contributed by atoms with van der Waals surface area (Å²) in [5.41, 5.74) is 5.15. The van der Waals surface area contributed by atoms with Gasteiger partial charge in [-0.2, -0.15) is 0 Å². The third kappa shape index (κ3) is 6.28. The van der Waals surface area contributed by atoms with E-state index in [1.165, 1.54) is 4.90 Å². The molecule has 0 radical (unpaired) electrons. The summed E-state index contributed by atoms with van der Waals surface area (Å²) in [6.07, 6.45) is -2.20. The van der Waals surface area contributed by atoms with Crippen molar-refractivity contribution < 1.29 is 33.8 Å². The van der Waals surface area contributed by atoms with Gasteiger partial charge in [0.1, 0.15) is 18.7 Å². The van der Waals surface area contributed by atoms with Gasteiger partial charge in [0.25, 0.3) is 0 Å². The Balaban J connectivity index is 1.32. The topological polar surface area (TPSA) is 134 Å². The minimum atomic E-state index is -1.23. The molecular weight excluding hydrogens is 538 g/mol. The van der Waals surface area contributed by atoms with Gasteiger partial charge in [-0.05, 0) is 34.7 Å². The number of hydrogen-bond acceptors (Lipinski definition) is 6. The number of hydrogen-bond donors (Lipinski definition) is 3. The molecule has 1 heterocycles. The predicted octanol–water partition coefficient (Wildman–Crippen LogP) is 3.30. The summed E-state index contributed by atoms with van der Waals surface area (Å²) in [6, 6.07) is 22.8. The summed E-state index contributed by atoms with van der Waals surface area (Å²) in [7, 11) is 0. The average molecular weight is 572 g/mol. The Labute approximate surface area is 243 Å². The number of nitrogens with one attached hydrogen (secondary N) is 2. The number of carbonyl (C=O) groups is 4. The predicted molar refractivity (Wildman–Crippen MR) is 153 cm³/mol. The van der Waals surface area contributed by atoms with Gasteiger partial charge in [-0.25, -0.2) is 4.79 Å². The standard InChI is InChI=1S/C32H33N3O7/c1-20(41-18-21-9-3-2-4-10-21)29(31(39)35-16-15-33-30(38)27(35)17-28(36)37)34-32(40)42-19-26-24-13-7-5-11-22(24)23-12-6-8-14-25(23)26/h2-14,20,26-27,29H,15-19H2,1H3,(H,33,38)(H,34,40)(H,36,37). The summed E-state index contributed by atoms with van der Waals surface area (Å²) >= 11 is 0. The summed E-state index contributed by atoms with van der Waals surface area (Å²) in [6.45, 7) is 2.13. The maximum atomic E-state index is 13.8. The number of aliphatic carboxylic acids is 1. The highest BCUT2D eigenvalue weighted by Gasteiger charge is 2.40. The van der Waals surface area contributed by atoms with Gasteiger partial charge in [0.2, 0.25) is 11.8 Å². The first kappa shape index (κ1) is 28.8. The van der Waals surface area contributed by atoms with Crippen LogP contribution >= 0.6 is 0 Å². The van der Waals surface area contributed by atoms with Crippen LogP contribution in [0.2, 0.25) is 0 Å². The second kappa shape index (κ2) is 12.9. The molecule has 10 nitrogen and oxygen atoms in total.